The van der Waals surface area contributed by atoms with Crippen molar-refractivity contribution in [1.82, 2.24) is 32.9 Å². The summed E-state index contributed by atoms with van der Waals surface area (Å²) in [6, 6.07) is 65.9. The molecule has 0 amide bonds. The van der Waals surface area contributed by atoms with E-state index in [-0.39, 0.29) is 0 Å². The second-order valence-corrected chi connectivity index (χ2v) is 14.2. The minimum Gasteiger partial charge on any atom is -0.278 e. The van der Waals surface area contributed by atoms with Gasteiger partial charge in [0.15, 0.2) is 0 Å². The zero-order valence-corrected chi connectivity index (χ0v) is 30.0. The highest BCUT2D eigenvalue weighted by Crippen LogP contribution is 2.38. The molecule has 7 heteroatoms. The zero-order chi connectivity index (χ0) is 36.7. The van der Waals surface area contributed by atoms with Gasteiger partial charge in [-0.25, -0.2) is 15.0 Å². The van der Waals surface area contributed by atoms with Crippen LogP contribution in [0.1, 0.15) is 0 Å². The molecular weight excluding hydrogens is 687 g/mol. The Morgan fingerprint density at radius 3 is 1.43 bits per heavy atom. The Bertz CT molecular complexity index is 3450. The van der Waals surface area contributed by atoms with E-state index in [1.807, 2.05) is 18.2 Å². The second-order valence-electron chi connectivity index (χ2n) is 14.2. The topological polar surface area (TPSA) is 57.4 Å². The summed E-state index contributed by atoms with van der Waals surface area (Å²) in [6.45, 7) is 0. The van der Waals surface area contributed by atoms with Gasteiger partial charge in [-0.05, 0) is 77.9 Å². The summed E-state index contributed by atoms with van der Waals surface area (Å²) in [5.74, 6) is 1.73. The summed E-state index contributed by atoms with van der Waals surface area (Å²) >= 11 is 0. The second kappa shape index (κ2) is 11.9. The van der Waals surface area contributed by atoms with Gasteiger partial charge < -0.3 is 0 Å². The van der Waals surface area contributed by atoms with Gasteiger partial charge in [0.25, 0.3) is 0 Å². The number of benzene rings is 7. The van der Waals surface area contributed by atoms with Gasteiger partial charge in [0.1, 0.15) is 5.52 Å². The Morgan fingerprint density at radius 2 is 0.821 bits per heavy atom. The van der Waals surface area contributed by atoms with Crippen molar-refractivity contribution < 1.29 is 0 Å². The van der Waals surface area contributed by atoms with Crippen molar-refractivity contribution in [2.24, 2.45) is 0 Å². The predicted molar refractivity (Wildman–Crippen MR) is 227 cm³/mol. The molecule has 0 radical (unpaired) electrons. The molecule has 5 aromatic heterocycles. The molecule has 7 nitrogen and oxygen atoms in total. The number of fused-ring (bicyclic) bond motifs is 10. The number of pyridine rings is 1. The van der Waals surface area contributed by atoms with Crippen LogP contribution in [0.2, 0.25) is 0 Å². The third kappa shape index (κ3) is 4.48. The van der Waals surface area contributed by atoms with Crippen LogP contribution in [0.25, 0.3) is 101 Å². The molecule has 0 unspecified atom stereocenters. The SMILES string of the molecule is c1ccc(-c2cc3c(nc4n(-c5ccccc5)c5ccc(-c6ccc7c(c6)n6c8ccccc8nc6n7-c6ccccc6)cc5n34)c(-c3ccccc3)n2)cc1. The fraction of sp³-hybridized carbons (Fsp3) is 0. The van der Waals surface area contributed by atoms with Crippen LogP contribution in [-0.4, -0.2) is 32.9 Å². The molecule has 12 aromatic rings. The van der Waals surface area contributed by atoms with Crippen LogP contribution < -0.4 is 0 Å². The van der Waals surface area contributed by atoms with E-state index < -0.39 is 0 Å². The molecule has 0 spiro atoms. The summed E-state index contributed by atoms with van der Waals surface area (Å²) in [6.07, 6.45) is 0. The summed E-state index contributed by atoms with van der Waals surface area (Å²) < 4.78 is 9.12. The molecule has 0 saturated carbocycles. The van der Waals surface area contributed by atoms with Crippen molar-refractivity contribution in [3.8, 4) is 45.0 Å². The van der Waals surface area contributed by atoms with Crippen LogP contribution in [0.5, 0.6) is 0 Å². The largest absolute Gasteiger partial charge is 0.278 e. The number of nitrogens with zero attached hydrogens (tertiary/aromatic N) is 7. The van der Waals surface area contributed by atoms with Crippen LogP contribution in [-0.2, 0) is 0 Å². The van der Waals surface area contributed by atoms with Crippen LogP contribution >= 0.6 is 0 Å². The average molecular weight is 718 g/mol. The monoisotopic (exact) mass is 717 g/mol. The van der Waals surface area contributed by atoms with Gasteiger partial charge in [0.05, 0.1) is 50.0 Å². The van der Waals surface area contributed by atoms with Crippen molar-refractivity contribution in [2.45, 2.75) is 0 Å². The van der Waals surface area contributed by atoms with Crippen LogP contribution in [0.4, 0.5) is 0 Å². The van der Waals surface area contributed by atoms with E-state index in [1.54, 1.807) is 0 Å². The summed E-state index contributed by atoms with van der Waals surface area (Å²) in [5.41, 5.74) is 16.5. The van der Waals surface area contributed by atoms with Gasteiger partial charge in [0, 0.05) is 22.5 Å². The molecule has 5 heterocycles. The van der Waals surface area contributed by atoms with E-state index in [1.165, 1.54) is 0 Å². The first-order valence-electron chi connectivity index (χ1n) is 18.8. The Hall–Kier alpha value is -7.77. The minimum absolute atomic E-state index is 0.838. The number of rotatable bonds is 5. The molecule has 262 valence electrons. The molecule has 0 bridgehead atoms. The quantitative estimate of drug-likeness (QED) is 0.178. The highest BCUT2D eigenvalue weighted by molar-refractivity contribution is 6.01. The molecule has 0 aliphatic rings. The molecule has 7 aromatic carbocycles. The molecule has 56 heavy (non-hydrogen) atoms. The smallest absolute Gasteiger partial charge is 0.220 e. The summed E-state index contributed by atoms with van der Waals surface area (Å²) in [5, 5.41) is 0. The van der Waals surface area contributed by atoms with E-state index in [0.29, 0.717) is 0 Å². The van der Waals surface area contributed by atoms with Gasteiger partial charge >= 0.3 is 0 Å². The molecule has 0 saturated heterocycles. The van der Waals surface area contributed by atoms with Crippen molar-refractivity contribution in [2.75, 3.05) is 0 Å². The van der Waals surface area contributed by atoms with Gasteiger partial charge in [0.2, 0.25) is 11.6 Å². The molecule has 0 atom stereocenters. The van der Waals surface area contributed by atoms with Crippen molar-refractivity contribution >= 4 is 55.7 Å². The fourth-order valence-electron chi connectivity index (χ4n) is 8.43. The fourth-order valence-corrected chi connectivity index (χ4v) is 8.43. The molecular formula is C49H31N7. The lowest BCUT2D eigenvalue weighted by Crippen LogP contribution is -1.95. The Labute approximate surface area is 320 Å². The maximum absolute atomic E-state index is 5.42. The summed E-state index contributed by atoms with van der Waals surface area (Å²) in [7, 11) is 0. The third-order valence-corrected chi connectivity index (χ3v) is 11.0. The van der Waals surface area contributed by atoms with Gasteiger partial charge in [-0.3, -0.25) is 17.9 Å². The first-order chi connectivity index (χ1) is 27.8. The molecule has 0 aliphatic carbocycles. The minimum atomic E-state index is 0.838. The maximum Gasteiger partial charge on any atom is 0.220 e. The van der Waals surface area contributed by atoms with Crippen LogP contribution in [0, 0.1) is 0 Å². The molecule has 0 fully saturated rings. The molecule has 0 N–H and O–H groups in total. The number of hydrogen-bond acceptors (Lipinski definition) is 3. The molecule has 12 rings (SSSR count). The highest BCUT2D eigenvalue weighted by Gasteiger charge is 2.23. The lowest BCUT2D eigenvalue weighted by atomic mass is 10.0. The Morgan fingerprint density at radius 1 is 0.321 bits per heavy atom. The van der Waals surface area contributed by atoms with Gasteiger partial charge in [-0.2, -0.15) is 0 Å². The first kappa shape index (κ1) is 30.7. The van der Waals surface area contributed by atoms with Crippen LogP contribution in [0.15, 0.2) is 188 Å². The van der Waals surface area contributed by atoms with E-state index in [4.69, 9.17) is 15.0 Å². The number of para-hydroxylation sites is 4. The van der Waals surface area contributed by atoms with Crippen molar-refractivity contribution in [1.29, 1.82) is 0 Å². The molecule has 0 aliphatic heterocycles. The first-order valence-corrected chi connectivity index (χ1v) is 18.8. The van der Waals surface area contributed by atoms with Gasteiger partial charge in [-0.1, -0.05) is 121 Å². The summed E-state index contributed by atoms with van der Waals surface area (Å²) in [4.78, 5) is 15.8. The normalized spacial score (nSPS) is 11.9. The lowest BCUT2D eigenvalue weighted by molar-refractivity contribution is 1.11. The van der Waals surface area contributed by atoms with Crippen LogP contribution in [0.3, 0.4) is 0 Å². The maximum atomic E-state index is 5.42. The van der Waals surface area contributed by atoms with E-state index >= 15 is 0 Å². The lowest BCUT2D eigenvalue weighted by Gasteiger charge is -2.09. The standard InChI is InChI=1S/C49H31N7/c1-5-15-32(16-6-1)39-31-45-47(46(50-39)33-17-7-2-8-18-33)52-49-54(37-21-11-4-12-22-37)42-28-26-35(30-44(42)56(45)49)34-25-27-41-43(29-34)55-40-24-14-13-23-38(40)51-48(55)53(41)36-19-9-3-10-20-36/h1-31H. The third-order valence-electron chi connectivity index (χ3n) is 11.0. The zero-order valence-electron chi connectivity index (χ0n) is 30.0. The van der Waals surface area contributed by atoms with Crippen molar-refractivity contribution in [3.05, 3.63) is 188 Å². The van der Waals surface area contributed by atoms with Crippen molar-refractivity contribution in [3.63, 3.8) is 0 Å². The highest BCUT2D eigenvalue weighted by atomic mass is 15.2. The Balaban J connectivity index is 1.15. The number of hydrogen-bond donors (Lipinski definition) is 0. The van der Waals surface area contributed by atoms with E-state index in [0.717, 1.165) is 101 Å². The van der Waals surface area contributed by atoms with E-state index in [2.05, 4.69) is 188 Å². The number of imidazole rings is 4. The average Bonchev–Trinajstić information content (AvgIpc) is 4.00. The predicted octanol–water partition coefficient (Wildman–Crippen LogP) is 11.6. The van der Waals surface area contributed by atoms with E-state index in [9.17, 15) is 0 Å². The number of aromatic nitrogens is 7. The van der Waals surface area contributed by atoms with Gasteiger partial charge in [-0.15, -0.1) is 0 Å². The Kier molecular flexibility index (Phi) is 6.50.